The van der Waals surface area contributed by atoms with Gasteiger partial charge in [-0.15, -0.1) is 0 Å². The maximum atomic E-state index is 14.0. The number of benzene rings is 1. The highest BCUT2D eigenvalue weighted by Crippen LogP contribution is 2.14. The Bertz CT molecular complexity index is 876. The molecule has 0 atom stereocenters. The minimum Gasteiger partial charge on any atom is -0.480 e. The van der Waals surface area contributed by atoms with Gasteiger partial charge in [0.05, 0.1) is 0 Å². The van der Waals surface area contributed by atoms with E-state index in [0.29, 0.717) is 5.69 Å². The Hall–Kier alpha value is -3.03. The van der Waals surface area contributed by atoms with E-state index in [1.165, 1.54) is 24.3 Å². The lowest BCUT2D eigenvalue weighted by Crippen LogP contribution is -2.43. The highest BCUT2D eigenvalue weighted by Gasteiger charge is 2.26. The van der Waals surface area contributed by atoms with E-state index in [2.05, 4.69) is 5.10 Å². The molecule has 1 aromatic carbocycles. The summed E-state index contributed by atoms with van der Waals surface area (Å²) in [7, 11) is 0. The molecule has 0 saturated heterocycles. The fraction of sp³-hybridized carbons (Fsp3) is 0.294. The number of carbonyl (C=O) groups is 2. The summed E-state index contributed by atoms with van der Waals surface area (Å²) in [5, 5.41) is 13.0. The number of para-hydroxylation sites is 1. The molecular formula is C17H18FN3O4. The fourth-order valence-corrected chi connectivity index (χ4v) is 2.33. The number of rotatable bonds is 5. The molecule has 0 unspecified atom stereocenters. The van der Waals surface area contributed by atoms with E-state index < -0.39 is 41.4 Å². The second-order valence-electron chi connectivity index (χ2n) is 5.78. The maximum Gasteiger partial charge on any atom is 0.323 e. The van der Waals surface area contributed by atoms with E-state index in [1.54, 1.807) is 26.8 Å². The number of carboxylic acids is 1. The monoisotopic (exact) mass is 347 g/mol. The van der Waals surface area contributed by atoms with E-state index >= 15 is 0 Å². The average molecular weight is 347 g/mol. The molecule has 1 amide bonds. The highest BCUT2D eigenvalue weighted by molar-refractivity contribution is 5.94. The lowest BCUT2D eigenvalue weighted by atomic mass is 10.2. The molecule has 0 bridgehead atoms. The van der Waals surface area contributed by atoms with Crippen molar-refractivity contribution in [3.05, 3.63) is 57.8 Å². The van der Waals surface area contributed by atoms with Gasteiger partial charge in [-0.3, -0.25) is 14.4 Å². The number of carboxylic acid groups (broad SMARTS) is 1. The number of hydrogen-bond donors (Lipinski definition) is 1. The second-order valence-corrected chi connectivity index (χ2v) is 5.78. The molecule has 0 aliphatic rings. The number of nitrogens with zero attached hydrogens (tertiary/aromatic N) is 3. The summed E-state index contributed by atoms with van der Waals surface area (Å²) >= 11 is 0. The van der Waals surface area contributed by atoms with Gasteiger partial charge in [0.15, 0.2) is 5.69 Å². The third-order valence-corrected chi connectivity index (χ3v) is 3.58. The molecule has 2 aromatic rings. The molecule has 0 saturated carbocycles. The van der Waals surface area contributed by atoms with Gasteiger partial charge in [-0.1, -0.05) is 12.1 Å². The van der Waals surface area contributed by atoms with Crippen LogP contribution in [-0.4, -0.2) is 44.3 Å². The minimum atomic E-state index is -1.21. The topological polar surface area (TPSA) is 92.5 Å². The van der Waals surface area contributed by atoms with Crippen molar-refractivity contribution in [2.24, 2.45) is 0 Å². The van der Waals surface area contributed by atoms with Crippen molar-refractivity contribution in [3.8, 4) is 5.69 Å². The van der Waals surface area contributed by atoms with Crippen LogP contribution in [0.4, 0.5) is 4.39 Å². The van der Waals surface area contributed by atoms with Crippen LogP contribution in [-0.2, 0) is 4.79 Å². The summed E-state index contributed by atoms with van der Waals surface area (Å²) in [6.07, 6.45) is 0. The number of amides is 1. The van der Waals surface area contributed by atoms with Crippen molar-refractivity contribution in [2.45, 2.75) is 26.8 Å². The first-order valence-electron chi connectivity index (χ1n) is 7.61. The first-order valence-corrected chi connectivity index (χ1v) is 7.61. The molecule has 0 aliphatic carbocycles. The molecule has 1 aromatic heterocycles. The summed E-state index contributed by atoms with van der Waals surface area (Å²) in [5.41, 5.74) is -0.667. The zero-order chi connectivity index (χ0) is 18.7. The Balaban J connectivity index is 2.57. The fourth-order valence-electron chi connectivity index (χ4n) is 2.33. The van der Waals surface area contributed by atoms with Gasteiger partial charge in [-0.25, -0.2) is 9.07 Å². The number of carbonyl (C=O) groups excluding carboxylic acids is 1. The molecule has 132 valence electrons. The van der Waals surface area contributed by atoms with Gasteiger partial charge in [-0.05, 0) is 32.9 Å². The van der Waals surface area contributed by atoms with Crippen LogP contribution in [0.25, 0.3) is 5.69 Å². The van der Waals surface area contributed by atoms with Crippen LogP contribution in [0.15, 0.2) is 35.1 Å². The summed E-state index contributed by atoms with van der Waals surface area (Å²) in [6, 6.07) is 6.53. The quantitative estimate of drug-likeness (QED) is 0.887. The molecule has 0 fully saturated rings. The normalized spacial score (nSPS) is 10.8. The van der Waals surface area contributed by atoms with Crippen molar-refractivity contribution < 1.29 is 19.1 Å². The Labute approximate surface area is 143 Å². The van der Waals surface area contributed by atoms with Crippen molar-refractivity contribution in [1.29, 1.82) is 0 Å². The highest BCUT2D eigenvalue weighted by atomic mass is 19.1. The number of halogens is 1. The van der Waals surface area contributed by atoms with Gasteiger partial charge in [0, 0.05) is 17.8 Å². The molecule has 0 spiro atoms. The minimum absolute atomic E-state index is 0.0865. The van der Waals surface area contributed by atoms with Gasteiger partial charge in [0.1, 0.15) is 18.0 Å². The first-order chi connectivity index (χ1) is 11.7. The summed E-state index contributed by atoms with van der Waals surface area (Å²) < 4.78 is 15.2. The number of aromatic nitrogens is 2. The van der Waals surface area contributed by atoms with Gasteiger partial charge in [0.25, 0.3) is 5.91 Å². The number of hydrogen-bond acceptors (Lipinski definition) is 4. The lowest BCUT2D eigenvalue weighted by molar-refractivity contribution is -0.138. The molecule has 2 rings (SSSR count). The van der Waals surface area contributed by atoms with Crippen LogP contribution in [0, 0.1) is 12.7 Å². The molecule has 0 radical (unpaired) electrons. The van der Waals surface area contributed by atoms with E-state index in [9.17, 15) is 18.8 Å². The summed E-state index contributed by atoms with van der Waals surface area (Å²) in [4.78, 5) is 36.8. The lowest BCUT2D eigenvalue weighted by Gasteiger charge is -2.24. The SMILES string of the molecule is Cc1cc(=O)c(C(=O)N(CC(=O)O)C(C)C)nn1-c1ccccc1F. The maximum absolute atomic E-state index is 14.0. The van der Waals surface area contributed by atoms with Crippen LogP contribution in [0.1, 0.15) is 30.0 Å². The zero-order valence-corrected chi connectivity index (χ0v) is 14.1. The first kappa shape index (κ1) is 18.3. The third kappa shape index (κ3) is 3.90. The summed E-state index contributed by atoms with van der Waals surface area (Å²) in [5.74, 6) is -2.58. The molecule has 1 heterocycles. The largest absolute Gasteiger partial charge is 0.480 e. The van der Waals surface area contributed by atoms with Crippen LogP contribution in [0.3, 0.4) is 0 Å². The van der Waals surface area contributed by atoms with Crippen molar-refractivity contribution in [3.63, 3.8) is 0 Å². The number of aryl methyl sites for hydroxylation is 1. The number of aliphatic carboxylic acids is 1. The molecule has 7 nitrogen and oxygen atoms in total. The molecule has 8 heteroatoms. The van der Waals surface area contributed by atoms with Crippen molar-refractivity contribution in [1.82, 2.24) is 14.7 Å². The second kappa shape index (κ2) is 7.25. The zero-order valence-electron chi connectivity index (χ0n) is 14.1. The predicted molar refractivity (Wildman–Crippen MR) is 88.3 cm³/mol. The van der Waals surface area contributed by atoms with Crippen LogP contribution >= 0.6 is 0 Å². The van der Waals surface area contributed by atoms with Crippen molar-refractivity contribution >= 4 is 11.9 Å². The average Bonchev–Trinajstić information content (AvgIpc) is 2.53. The standard InChI is InChI=1S/C17H18FN3O4/c1-10(2)20(9-15(23)24)17(25)16-14(22)8-11(3)21(19-16)13-7-5-4-6-12(13)18/h4-8,10H,9H2,1-3H3,(H,23,24). The molecule has 1 N–H and O–H groups in total. The Kier molecular flexibility index (Phi) is 5.31. The van der Waals surface area contributed by atoms with Crippen molar-refractivity contribution in [2.75, 3.05) is 6.54 Å². The van der Waals surface area contributed by atoms with Gasteiger partial charge < -0.3 is 10.0 Å². The molecular weight excluding hydrogens is 329 g/mol. The Morgan fingerprint density at radius 1 is 1.32 bits per heavy atom. The smallest absolute Gasteiger partial charge is 0.323 e. The summed E-state index contributed by atoms with van der Waals surface area (Å²) in [6.45, 7) is 4.26. The van der Waals surface area contributed by atoms with E-state index in [4.69, 9.17) is 5.11 Å². The Morgan fingerprint density at radius 3 is 2.52 bits per heavy atom. The molecule has 0 aliphatic heterocycles. The predicted octanol–water partition coefficient (Wildman–Crippen LogP) is 1.62. The van der Waals surface area contributed by atoms with Gasteiger partial charge in [0.2, 0.25) is 5.43 Å². The van der Waals surface area contributed by atoms with E-state index in [0.717, 1.165) is 9.58 Å². The van der Waals surface area contributed by atoms with Crippen LogP contribution < -0.4 is 5.43 Å². The van der Waals surface area contributed by atoms with E-state index in [1.807, 2.05) is 0 Å². The Morgan fingerprint density at radius 2 is 1.96 bits per heavy atom. The van der Waals surface area contributed by atoms with E-state index in [-0.39, 0.29) is 5.69 Å². The third-order valence-electron chi connectivity index (χ3n) is 3.58. The van der Waals surface area contributed by atoms with Crippen LogP contribution in [0.2, 0.25) is 0 Å². The van der Waals surface area contributed by atoms with Gasteiger partial charge >= 0.3 is 5.97 Å². The van der Waals surface area contributed by atoms with Crippen LogP contribution in [0.5, 0.6) is 0 Å². The molecule has 25 heavy (non-hydrogen) atoms. The van der Waals surface area contributed by atoms with Gasteiger partial charge in [-0.2, -0.15) is 5.10 Å².